The van der Waals surface area contributed by atoms with Gasteiger partial charge in [0.05, 0.1) is 6.10 Å². The minimum atomic E-state index is -0.955. The van der Waals surface area contributed by atoms with E-state index in [9.17, 15) is 10.2 Å². The van der Waals surface area contributed by atoms with Gasteiger partial charge in [0.15, 0.2) is 0 Å². The quantitative estimate of drug-likeness (QED) is 0.625. The molecule has 18 heavy (non-hydrogen) atoms. The van der Waals surface area contributed by atoms with Crippen LogP contribution < -0.4 is 34.7 Å². The van der Waals surface area contributed by atoms with Crippen molar-refractivity contribution in [3.63, 3.8) is 0 Å². The van der Waals surface area contributed by atoms with E-state index >= 15 is 0 Å². The zero-order chi connectivity index (χ0) is 12.8. The van der Waals surface area contributed by atoms with Gasteiger partial charge >= 0.3 is 29.6 Å². The summed E-state index contributed by atoms with van der Waals surface area (Å²) in [5.41, 5.74) is 0.629. The summed E-state index contributed by atoms with van der Waals surface area (Å²) in [5, 5.41) is 31.0. The van der Waals surface area contributed by atoms with Crippen molar-refractivity contribution in [1.29, 1.82) is 0 Å². The Morgan fingerprint density at radius 2 is 1.83 bits per heavy atom. The van der Waals surface area contributed by atoms with Gasteiger partial charge in [-0.05, 0) is 30.9 Å². The van der Waals surface area contributed by atoms with Gasteiger partial charge in [-0.1, -0.05) is 42.3 Å². The molecule has 1 aromatic rings. The van der Waals surface area contributed by atoms with Crippen molar-refractivity contribution in [1.82, 2.24) is 0 Å². The van der Waals surface area contributed by atoms with Crippen molar-refractivity contribution < 1.29 is 44.9 Å². The van der Waals surface area contributed by atoms with Crippen molar-refractivity contribution in [3.8, 4) is 0 Å². The van der Waals surface area contributed by atoms with Crippen LogP contribution in [0, 0.1) is 5.92 Å². The van der Waals surface area contributed by atoms with Gasteiger partial charge in [0.1, 0.15) is 0 Å². The maximum Gasteiger partial charge on any atom is 1.00 e. The Morgan fingerprint density at radius 3 is 2.33 bits per heavy atom. The molecule has 0 fully saturated rings. The number of benzene rings is 1. The summed E-state index contributed by atoms with van der Waals surface area (Å²) in [6.07, 6.45) is -0.971. The Labute approximate surface area is 135 Å². The molecule has 0 saturated heterocycles. The second kappa shape index (κ2) is 9.32. The molecule has 5 heteroatoms. The SMILES string of the molecule is CC(CCO)C(O)CC([O-])c1ccc(Cl)cc1.[Na+]. The van der Waals surface area contributed by atoms with E-state index < -0.39 is 12.2 Å². The second-order valence-electron chi connectivity index (χ2n) is 4.33. The van der Waals surface area contributed by atoms with E-state index in [1.165, 1.54) is 0 Å². The Hall–Kier alpha value is 0.390. The molecule has 3 unspecified atom stereocenters. The van der Waals surface area contributed by atoms with Crippen LogP contribution in [0.25, 0.3) is 0 Å². The van der Waals surface area contributed by atoms with Crippen molar-refractivity contribution in [3.05, 3.63) is 34.9 Å². The van der Waals surface area contributed by atoms with Crippen LogP contribution in [0.2, 0.25) is 5.02 Å². The third-order valence-corrected chi connectivity index (χ3v) is 3.19. The average Bonchev–Trinajstić information content (AvgIpc) is 2.30. The molecular weight excluding hydrogens is 263 g/mol. The standard InChI is InChI=1S/C13H18ClO3.Na/c1-9(6-7-15)12(16)8-13(17)10-2-4-11(14)5-3-10;/h2-5,9,12-13,15-16H,6-8H2,1H3;/q-1;+1. The largest absolute Gasteiger partial charge is 1.00 e. The average molecular weight is 281 g/mol. The van der Waals surface area contributed by atoms with Gasteiger partial charge in [0, 0.05) is 11.6 Å². The monoisotopic (exact) mass is 280 g/mol. The van der Waals surface area contributed by atoms with Gasteiger partial charge in [-0.3, -0.25) is 0 Å². The van der Waals surface area contributed by atoms with E-state index in [-0.39, 0.29) is 48.5 Å². The van der Waals surface area contributed by atoms with Crippen LogP contribution in [0.1, 0.15) is 31.4 Å². The molecule has 2 N–H and O–H groups in total. The van der Waals surface area contributed by atoms with Gasteiger partial charge in [0.25, 0.3) is 0 Å². The fourth-order valence-corrected chi connectivity index (χ4v) is 1.79. The van der Waals surface area contributed by atoms with E-state index in [0.717, 1.165) is 0 Å². The summed E-state index contributed by atoms with van der Waals surface area (Å²) >= 11 is 5.73. The molecule has 3 nitrogen and oxygen atoms in total. The number of aliphatic hydroxyl groups excluding tert-OH is 2. The maximum absolute atomic E-state index is 11.9. The molecule has 0 radical (unpaired) electrons. The summed E-state index contributed by atoms with van der Waals surface area (Å²) in [5.74, 6) is -0.0660. The smallest absolute Gasteiger partial charge is 0.848 e. The molecule has 0 saturated carbocycles. The second-order valence-corrected chi connectivity index (χ2v) is 4.77. The van der Waals surface area contributed by atoms with Gasteiger partial charge in [-0.25, -0.2) is 0 Å². The van der Waals surface area contributed by atoms with Gasteiger partial charge in [-0.15, -0.1) is 0 Å². The molecule has 0 heterocycles. The summed E-state index contributed by atoms with van der Waals surface area (Å²) in [6.45, 7) is 1.86. The molecule has 1 rings (SSSR count). The molecule has 0 aliphatic carbocycles. The van der Waals surface area contributed by atoms with Crippen molar-refractivity contribution in [2.75, 3.05) is 6.61 Å². The first-order valence-electron chi connectivity index (χ1n) is 5.74. The maximum atomic E-state index is 11.9. The minimum Gasteiger partial charge on any atom is -0.848 e. The number of rotatable bonds is 6. The van der Waals surface area contributed by atoms with Crippen molar-refractivity contribution in [2.45, 2.75) is 32.0 Å². The molecule has 0 aliphatic rings. The van der Waals surface area contributed by atoms with Gasteiger partial charge in [-0.2, -0.15) is 0 Å². The number of hydrogen-bond donors (Lipinski definition) is 2. The molecule has 96 valence electrons. The van der Waals surface area contributed by atoms with Crippen molar-refractivity contribution >= 4 is 11.6 Å². The Kier molecular flexibility index (Phi) is 9.52. The van der Waals surface area contributed by atoms with E-state index in [1.807, 2.05) is 6.92 Å². The van der Waals surface area contributed by atoms with Crippen LogP contribution in [0.15, 0.2) is 24.3 Å². The minimum absolute atomic E-state index is 0. The molecule has 0 amide bonds. The fraction of sp³-hybridized carbons (Fsp3) is 0.538. The number of hydrogen-bond acceptors (Lipinski definition) is 3. The van der Waals surface area contributed by atoms with E-state index in [4.69, 9.17) is 16.7 Å². The normalized spacial score (nSPS) is 15.6. The molecule has 0 aliphatic heterocycles. The third kappa shape index (κ3) is 6.02. The molecule has 0 spiro atoms. The summed E-state index contributed by atoms with van der Waals surface area (Å²) in [6, 6.07) is 6.71. The van der Waals surface area contributed by atoms with Gasteiger partial charge in [0.2, 0.25) is 0 Å². The number of aliphatic hydroxyl groups is 2. The zero-order valence-corrected chi connectivity index (χ0v) is 13.6. The summed E-state index contributed by atoms with van der Waals surface area (Å²) in [7, 11) is 0. The number of halogens is 1. The van der Waals surface area contributed by atoms with E-state index in [2.05, 4.69) is 0 Å². The van der Waals surface area contributed by atoms with E-state index in [1.54, 1.807) is 24.3 Å². The van der Waals surface area contributed by atoms with Crippen molar-refractivity contribution in [2.24, 2.45) is 5.92 Å². The first-order chi connectivity index (χ1) is 8.04. The van der Waals surface area contributed by atoms with Crippen LogP contribution in [0.4, 0.5) is 0 Å². The molecule has 1 aromatic carbocycles. The van der Waals surface area contributed by atoms with Crippen LogP contribution in [-0.4, -0.2) is 22.9 Å². The molecule has 3 atom stereocenters. The predicted octanol–water partition coefficient (Wildman–Crippen LogP) is -1.49. The Bertz CT molecular complexity index is 332. The van der Waals surface area contributed by atoms with Gasteiger partial charge < -0.3 is 15.3 Å². The zero-order valence-electron chi connectivity index (χ0n) is 10.8. The molecule has 0 bridgehead atoms. The predicted molar refractivity (Wildman–Crippen MR) is 65.7 cm³/mol. The van der Waals surface area contributed by atoms with Crippen LogP contribution in [0.5, 0.6) is 0 Å². The first-order valence-corrected chi connectivity index (χ1v) is 6.12. The van der Waals surface area contributed by atoms with Crippen LogP contribution in [0.3, 0.4) is 0 Å². The van der Waals surface area contributed by atoms with E-state index in [0.29, 0.717) is 17.0 Å². The Morgan fingerprint density at radius 1 is 1.28 bits per heavy atom. The van der Waals surface area contributed by atoms with Crippen LogP contribution in [-0.2, 0) is 0 Å². The summed E-state index contributed by atoms with van der Waals surface area (Å²) in [4.78, 5) is 0. The third-order valence-electron chi connectivity index (χ3n) is 2.94. The van der Waals surface area contributed by atoms with Crippen LogP contribution >= 0.6 is 11.6 Å². The fourth-order valence-electron chi connectivity index (χ4n) is 1.66. The first kappa shape index (κ1) is 18.4. The topological polar surface area (TPSA) is 63.5 Å². The molecule has 0 aromatic heterocycles. The Balaban J connectivity index is 0.00000289. The summed E-state index contributed by atoms with van der Waals surface area (Å²) < 4.78 is 0. The molecular formula is C13H18ClNaO3.